The summed E-state index contributed by atoms with van der Waals surface area (Å²) in [7, 11) is 1.76. The Bertz CT molecular complexity index is 2840. The zero-order valence-corrected chi connectivity index (χ0v) is 47.4. The number of carbonyl (C=O) groups is 3. The third-order valence-corrected chi connectivity index (χ3v) is 19.5. The highest BCUT2D eigenvalue weighted by molar-refractivity contribution is 7.10. The van der Waals surface area contributed by atoms with Gasteiger partial charge in [-0.1, -0.05) is 33.3 Å². The van der Waals surface area contributed by atoms with Gasteiger partial charge in [0.25, 0.3) is 5.91 Å². The number of cyclic esters (lactones) is 1. The van der Waals surface area contributed by atoms with Gasteiger partial charge in [0.05, 0.1) is 60.8 Å². The number of likely N-dealkylation sites (tertiary alicyclic amines) is 2. The Hall–Kier alpha value is -4.33. The van der Waals surface area contributed by atoms with Crippen LogP contribution in [0.15, 0.2) is 35.8 Å². The number of aromatic nitrogens is 3. The van der Waals surface area contributed by atoms with E-state index in [0.29, 0.717) is 58.1 Å². The average molecular weight is 1080 g/mol. The average Bonchev–Trinajstić information content (AvgIpc) is 4.12. The van der Waals surface area contributed by atoms with Crippen molar-refractivity contribution in [1.29, 1.82) is 0 Å². The van der Waals surface area contributed by atoms with E-state index in [9.17, 15) is 9.59 Å². The number of thiazole rings is 1. The van der Waals surface area contributed by atoms with Gasteiger partial charge in [0.1, 0.15) is 23.2 Å². The molecule has 4 aromatic rings. The van der Waals surface area contributed by atoms with Gasteiger partial charge in [-0.15, -0.1) is 11.3 Å². The van der Waals surface area contributed by atoms with Crippen molar-refractivity contribution >= 4 is 40.0 Å². The number of hydrogen-bond acceptors (Lipinski definition) is 14. The van der Waals surface area contributed by atoms with Crippen LogP contribution in [-0.2, 0) is 51.0 Å². The van der Waals surface area contributed by atoms with Gasteiger partial charge < -0.3 is 38.5 Å². The van der Waals surface area contributed by atoms with E-state index in [0.717, 1.165) is 120 Å². The van der Waals surface area contributed by atoms with Gasteiger partial charge in [0.15, 0.2) is 0 Å². The van der Waals surface area contributed by atoms with Crippen molar-refractivity contribution in [3.8, 4) is 22.5 Å². The Labute approximate surface area is 458 Å². The summed E-state index contributed by atoms with van der Waals surface area (Å²) in [6, 6.07) is 7.60. The molecule has 8 aliphatic rings. The first kappa shape index (κ1) is 53.3. The molecule has 1 aromatic carbocycles. The van der Waals surface area contributed by atoms with Crippen molar-refractivity contribution in [2.75, 3.05) is 66.3 Å². The Balaban J connectivity index is 1.00. The zero-order chi connectivity index (χ0) is 53.4. The van der Waals surface area contributed by atoms with Gasteiger partial charge in [-0.3, -0.25) is 29.3 Å². The number of carbonyl (C=O) groups excluding carboxylic acids is 3. The van der Waals surface area contributed by atoms with Crippen molar-refractivity contribution < 1.29 is 38.1 Å². The smallest absolute Gasteiger partial charge is 0.324 e. The normalized spacial score (nSPS) is 29.3. The van der Waals surface area contributed by atoms with Gasteiger partial charge in [-0.25, -0.2) is 10.4 Å². The molecule has 0 radical (unpaired) electrons. The van der Waals surface area contributed by atoms with Crippen LogP contribution >= 0.6 is 11.3 Å². The molecule has 6 aliphatic heterocycles. The number of nitrogens with one attached hydrogen (secondary N) is 2. The lowest BCUT2D eigenvalue weighted by atomic mass is 9.63. The lowest BCUT2D eigenvalue weighted by Crippen LogP contribution is -2.68. The predicted octanol–water partition coefficient (Wildman–Crippen LogP) is 8.52. The van der Waals surface area contributed by atoms with Crippen LogP contribution in [-0.4, -0.2) is 149 Å². The SMILES string of the molecule is CO[C@@H](C)c1ncc(C2CCN(C3CC3)CC2)cc1-c1c2c3cc(ccc3n1CCO[C@H]1CCOC(C)(C)C1)-c1csc(n1)[C@@H](N1CC3(CCC3)C1)[C@H](NC(=O)[C@@H]1OC[C@@H]1C)C(=O)N1CCC[C@H](N1)C(=O)OCC(C)(C)C2. The Morgan fingerprint density at radius 1 is 1.00 bits per heavy atom. The van der Waals surface area contributed by atoms with E-state index in [1.807, 2.05) is 6.92 Å². The number of methoxy groups -OCH3 is 1. The van der Waals surface area contributed by atoms with E-state index >= 15 is 4.79 Å². The fraction of sp³-hybridized carbons (Fsp3) is 0.683. The predicted molar refractivity (Wildman–Crippen MR) is 295 cm³/mol. The molecule has 77 heavy (non-hydrogen) atoms. The van der Waals surface area contributed by atoms with E-state index in [1.54, 1.807) is 12.1 Å². The third kappa shape index (κ3) is 10.8. The minimum atomic E-state index is -0.991. The molecule has 12 rings (SSSR count). The number of esters is 1. The molecular weight excluding hydrogens is 993 g/mol. The highest BCUT2D eigenvalue weighted by Gasteiger charge is 2.54. The standard InChI is InChI=1S/C60H82N8O8S/c1-36-31-74-53(36)54(69)63-50-52(66-33-60(34-66)18-9-19-60)55-62-47(32-77-55)39-11-14-48-43(26-39)45(29-58(3,4)35-75-57(71)46-10-8-20-68(64-46)56(50)70)51(67(48)23-25-73-42-17-24-76-59(5,6)28-42)44-27-40(30-61-49(44)37(2)72-7)38-15-21-65(22-16-38)41-12-13-41/h11,14,26-27,30,32,36-38,41-42,46,50,52-53,64H,8-10,12-13,15-25,28-29,31,33-35H2,1-7H3,(H,63,69)/t36-,37-,42-,46-,50-,52-,53+/m0/s1. The van der Waals surface area contributed by atoms with Crippen LogP contribution in [0, 0.1) is 16.7 Å². The number of pyridine rings is 1. The van der Waals surface area contributed by atoms with Crippen LogP contribution in [0.4, 0.5) is 0 Å². The summed E-state index contributed by atoms with van der Waals surface area (Å²) in [6.07, 6.45) is 13.0. The molecule has 6 bridgehead atoms. The molecule has 7 atom stereocenters. The van der Waals surface area contributed by atoms with Crippen LogP contribution in [0.25, 0.3) is 33.4 Å². The monoisotopic (exact) mass is 1070 g/mol. The molecule has 2 saturated carbocycles. The van der Waals surface area contributed by atoms with E-state index < -0.39 is 35.6 Å². The van der Waals surface area contributed by atoms with Crippen molar-refractivity contribution in [1.82, 2.24) is 40.1 Å². The summed E-state index contributed by atoms with van der Waals surface area (Å²) < 4.78 is 33.7. The topological polar surface area (TPSA) is 162 Å². The summed E-state index contributed by atoms with van der Waals surface area (Å²) in [5, 5.41) is 8.74. The van der Waals surface area contributed by atoms with Crippen LogP contribution in [0.5, 0.6) is 0 Å². The molecule has 0 unspecified atom stereocenters. The summed E-state index contributed by atoms with van der Waals surface area (Å²) in [4.78, 5) is 59.6. The second kappa shape index (κ2) is 21.3. The molecule has 7 fully saturated rings. The summed E-state index contributed by atoms with van der Waals surface area (Å²) >= 11 is 1.54. The number of nitrogens with zero attached hydrogens (tertiary/aromatic N) is 6. The highest BCUT2D eigenvalue weighted by atomic mass is 32.1. The minimum Gasteiger partial charge on any atom is -0.464 e. The number of hydrazine groups is 1. The fourth-order valence-corrected chi connectivity index (χ4v) is 14.8. The van der Waals surface area contributed by atoms with Crippen molar-refractivity contribution in [2.24, 2.45) is 16.7 Å². The maximum atomic E-state index is 15.2. The molecule has 5 saturated heterocycles. The lowest BCUT2D eigenvalue weighted by Gasteiger charge is -2.59. The molecule has 416 valence electrons. The fourth-order valence-electron chi connectivity index (χ4n) is 13.8. The number of piperidine rings is 1. The maximum Gasteiger partial charge on any atom is 0.324 e. The number of rotatable bonds is 12. The number of ether oxygens (including phenoxy) is 5. The van der Waals surface area contributed by atoms with E-state index in [2.05, 4.69) is 95.6 Å². The Morgan fingerprint density at radius 3 is 2.51 bits per heavy atom. The molecule has 9 heterocycles. The van der Waals surface area contributed by atoms with E-state index in [-0.39, 0.29) is 47.6 Å². The number of amides is 2. The lowest BCUT2D eigenvalue weighted by molar-refractivity contribution is -0.165. The van der Waals surface area contributed by atoms with Crippen molar-refractivity contribution in [2.45, 2.75) is 179 Å². The molecule has 1 spiro atoms. The summed E-state index contributed by atoms with van der Waals surface area (Å²) in [6.45, 7) is 19.4. The quantitative estimate of drug-likeness (QED) is 0.130. The highest BCUT2D eigenvalue weighted by Crippen LogP contribution is 2.52. The van der Waals surface area contributed by atoms with Crippen LogP contribution in [0.1, 0.15) is 152 Å². The van der Waals surface area contributed by atoms with Crippen LogP contribution < -0.4 is 10.7 Å². The number of fused-ring (bicyclic) bond motifs is 6. The number of hydrogen-bond donors (Lipinski definition) is 2. The van der Waals surface area contributed by atoms with E-state index in [4.69, 9.17) is 33.7 Å². The molecule has 2 amide bonds. The molecule has 2 aliphatic carbocycles. The first-order valence-corrected chi connectivity index (χ1v) is 30.0. The second-order valence-corrected chi connectivity index (χ2v) is 26.6. The largest absolute Gasteiger partial charge is 0.464 e. The first-order valence-electron chi connectivity index (χ1n) is 29.1. The first-order chi connectivity index (χ1) is 37.0. The van der Waals surface area contributed by atoms with Crippen molar-refractivity contribution in [3.63, 3.8) is 0 Å². The second-order valence-electron chi connectivity index (χ2n) is 25.7. The third-order valence-electron chi connectivity index (χ3n) is 18.6. The molecule has 2 N–H and O–H groups in total. The Morgan fingerprint density at radius 2 is 1.81 bits per heavy atom. The van der Waals surface area contributed by atoms with Crippen LogP contribution in [0.2, 0.25) is 0 Å². The molecule has 16 nitrogen and oxygen atoms in total. The van der Waals surface area contributed by atoms with Gasteiger partial charge in [-0.2, -0.15) is 0 Å². The summed E-state index contributed by atoms with van der Waals surface area (Å²) in [5.74, 6) is -0.582. The van der Waals surface area contributed by atoms with Crippen LogP contribution in [0.3, 0.4) is 0 Å². The molecule has 3 aromatic heterocycles. The van der Waals surface area contributed by atoms with Gasteiger partial charge >= 0.3 is 5.97 Å². The van der Waals surface area contributed by atoms with Crippen molar-refractivity contribution in [3.05, 3.63) is 57.7 Å². The van der Waals surface area contributed by atoms with E-state index in [1.165, 1.54) is 36.2 Å². The maximum absolute atomic E-state index is 15.2. The van der Waals surface area contributed by atoms with Gasteiger partial charge in [-0.05, 0) is 139 Å². The Kier molecular flexibility index (Phi) is 14.7. The summed E-state index contributed by atoms with van der Waals surface area (Å²) in [5.41, 5.74) is 11.0. The van der Waals surface area contributed by atoms with Gasteiger partial charge in [0.2, 0.25) is 5.91 Å². The van der Waals surface area contributed by atoms with Gasteiger partial charge in [0, 0.05) is 97.3 Å². The minimum absolute atomic E-state index is 0.0280. The zero-order valence-electron chi connectivity index (χ0n) is 46.6. The molecular formula is C60H82N8O8S. The molecule has 17 heteroatoms. The number of benzene rings is 1.